The molecule has 0 aliphatic heterocycles. The summed E-state index contributed by atoms with van der Waals surface area (Å²) < 4.78 is 12.1. The minimum atomic E-state index is -1.17. The molecule has 104 valence electrons. The van der Waals surface area contributed by atoms with Crippen LogP contribution in [-0.2, 0) is 16.6 Å². The second-order valence-electron chi connectivity index (χ2n) is 4.96. The van der Waals surface area contributed by atoms with Crippen LogP contribution >= 0.6 is 0 Å². The summed E-state index contributed by atoms with van der Waals surface area (Å²) >= 11 is 0. The van der Waals surface area contributed by atoms with Gasteiger partial charge in [-0.25, -0.2) is 0 Å². The number of benzene rings is 2. The van der Waals surface area contributed by atoms with E-state index in [-0.39, 0.29) is 11.5 Å². The zero-order chi connectivity index (χ0) is 14.5. The number of Topliss-reactive ketones (excluding diaryl/α,β-unsaturated/α-hetero) is 1. The number of hydrogen-bond donors (Lipinski definition) is 0. The van der Waals surface area contributed by atoms with Crippen molar-refractivity contribution in [1.29, 1.82) is 0 Å². The first kappa shape index (κ1) is 14.7. The van der Waals surface area contributed by atoms with Crippen LogP contribution in [0.5, 0.6) is 0 Å². The fourth-order valence-corrected chi connectivity index (χ4v) is 3.25. The third-order valence-electron chi connectivity index (χ3n) is 3.15. The molecule has 0 amide bonds. The lowest BCUT2D eigenvalue weighted by Gasteiger charge is -2.05. The second-order valence-corrected chi connectivity index (χ2v) is 6.41. The molecule has 3 heteroatoms. The highest BCUT2D eigenvalue weighted by Crippen LogP contribution is 2.11. The molecule has 0 fully saturated rings. The molecule has 0 bridgehead atoms. The molecule has 1 atom stereocenters. The molecule has 0 N–H and O–H groups in total. The summed E-state index contributed by atoms with van der Waals surface area (Å²) in [7, 11) is -1.17. The van der Waals surface area contributed by atoms with E-state index in [2.05, 4.69) is 0 Å². The number of ketones is 1. The topological polar surface area (TPSA) is 34.1 Å². The Hall–Kier alpha value is -1.74. The van der Waals surface area contributed by atoms with Crippen molar-refractivity contribution >= 4 is 16.6 Å². The molecular weight excluding hydrogens is 268 g/mol. The van der Waals surface area contributed by atoms with Crippen LogP contribution in [0, 0.1) is 13.8 Å². The average Bonchev–Trinajstić information content (AvgIpc) is 2.38. The second kappa shape index (κ2) is 6.62. The normalized spacial score (nSPS) is 12.1. The molecule has 20 heavy (non-hydrogen) atoms. The third kappa shape index (κ3) is 3.87. The Morgan fingerprint density at radius 1 is 1.05 bits per heavy atom. The molecule has 2 nitrogen and oxygen atoms in total. The molecule has 0 saturated carbocycles. The minimum Gasteiger partial charge on any atom is -0.293 e. The zero-order valence-corrected chi connectivity index (χ0v) is 12.6. The van der Waals surface area contributed by atoms with Crippen molar-refractivity contribution in [1.82, 2.24) is 0 Å². The molecular formula is C17H18O2S. The lowest BCUT2D eigenvalue weighted by atomic mass is 10.1. The van der Waals surface area contributed by atoms with E-state index in [0.29, 0.717) is 11.3 Å². The standard InChI is InChI=1S/C17H18O2S/c1-13-6-5-8-15(10-13)11-20(19)12-17(18)16-9-4-3-7-14(16)2/h3-10H,11-12H2,1-2H3. The molecule has 2 rings (SSSR count). The molecule has 0 aliphatic carbocycles. The van der Waals surface area contributed by atoms with E-state index in [9.17, 15) is 9.00 Å². The fraction of sp³-hybridized carbons (Fsp3) is 0.235. The van der Waals surface area contributed by atoms with Crippen molar-refractivity contribution in [3.05, 3.63) is 70.8 Å². The smallest absolute Gasteiger partial charge is 0.175 e. The van der Waals surface area contributed by atoms with Gasteiger partial charge < -0.3 is 0 Å². The Balaban J connectivity index is 2.02. The van der Waals surface area contributed by atoms with Gasteiger partial charge in [0.1, 0.15) is 0 Å². The molecule has 0 aromatic heterocycles. The Morgan fingerprint density at radius 3 is 2.50 bits per heavy atom. The fourth-order valence-electron chi connectivity index (χ4n) is 2.15. The predicted octanol–water partition coefficient (Wildman–Crippen LogP) is 3.44. The number of carbonyl (C=O) groups is 1. The zero-order valence-electron chi connectivity index (χ0n) is 11.8. The van der Waals surface area contributed by atoms with Gasteiger partial charge in [0.2, 0.25) is 0 Å². The Kier molecular flexibility index (Phi) is 4.85. The van der Waals surface area contributed by atoms with Crippen LogP contribution in [0.4, 0.5) is 0 Å². The van der Waals surface area contributed by atoms with Gasteiger partial charge in [0.05, 0.1) is 5.75 Å². The Morgan fingerprint density at radius 2 is 1.80 bits per heavy atom. The predicted molar refractivity (Wildman–Crippen MR) is 83.4 cm³/mol. The first-order valence-corrected chi connectivity index (χ1v) is 8.04. The van der Waals surface area contributed by atoms with Crippen LogP contribution in [-0.4, -0.2) is 15.7 Å². The van der Waals surface area contributed by atoms with Crippen molar-refractivity contribution in [3.8, 4) is 0 Å². The van der Waals surface area contributed by atoms with Gasteiger partial charge >= 0.3 is 0 Å². The van der Waals surface area contributed by atoms with Crippen molar-refractivity contribution in [2.75, 3.05) is 5.75 Å². The van der Waals surface area contributed by atoms with E-state index in [1.807, 2.05) is 56.3 Å². The largest absolute Gasteiger partial charge is 0.293 e. The minimum absolute atomic E-state index is 0.0471. The molecule has 0 spiro atoms. The monoisotopic (exact) mass is 286 g/mol. The molecule has 2 aromatic rings. The van der Waals surface area contributed by atoms with Crippen LogP contribution in [0.25, 0.3) is 0 Å². The maximum atomic E-state index is 12.1. The maximum Gasteiger partial charge on any atom is 0.175 e. The quantitative estimate of drug-likeness (QED) is 0.789. The molecule has 0 radical (unpaired) electrons. The van der Waals surface area contributed by atoms with Crippen molar-refractivity contribution < 1.29 is 9.00 Å². The maximum absolute atomic E-state index is 12.1. The summed E-state index contributed by atoms with van der Waals surface area (Å²) in [5.41, 5.74) is 3.76. The Bertz CT molecular complexity index is 647. The van der Waals surface area contributed by atoms with Gasteiger partial charge in [0.15, 0.2) is 5.78 Å². The summed E-state index contributed by atoms with van der Waals surface area (Å²) in [6, 6.07) is 15.3. The van der Waals surface area contributed by atoms with E-state index in [1.165, 1.54) is 0 Å². The van der Waals surface area contributed by atoms with Crippen LogP contribution in [0.3, 0.4) is 0 Å². The summed E-state index contributed by atoms with van der Waals surface area (Å²) in [4.78, 5) is 12.1. The van der Waals surface area contributed by atoms with E-state index in [1.54, 1.807) is 6.07 Å². The average molecular weight is 286 g/mol. The van der Waals surface area contributed by atoms with Crippen LogP contribution in [0.15, 0.2) is 48.5 Å². The Labute approximate surface area is 122 Å². The van der Waals surface area contributed by atoms with Gasteiger partial charge in [0.25, 0.3) is 0 Å². The molecule has 2 aromatic carbocycles. The van der Waals surface area contributed by atoms with E-state index >= 15 is 0 Å². The highest BCUT2D eigenvalue weighted by Gasteiger charge is 2.12. The number of aryl methyl sites for hydroxylation is 2. The van der Waals surface area contributed by atoms with Gasteiger partial charge in [-0.2, -0.15) is 0 Å². The lowest BCUT2D eigenvalue weighted by Crippen LogP contribution is -2.13. The number of hydrogen-bond acceptors (Lipinski definition) is 2. The first-order valence-electron chi connectivity index (χ1n) is 6.55. The first-order chi connectivity index (χ1) is 9.56. The number of carbonyl (C=O) groups excluding carboxylic acids is 1. The number of rotatable bonds is 5. The van der Waals surface area contributed by atoms with E-state index in [0.717, 1.165) is 16.7 Å². The molecule has 1 unspecified atom stereocenters. The van der Waals surface area contributed by atoms with Crippen LogP contribution in [0.2, 0.25) is 0 Å². The third-order valence-corrected chi connectivity index (χ3v) is 4.39. The van der Waals surface area contributed by atoms with Gasteiger partial charge in [-0.15, -0.1) is 0 Å². The van der Waals surface area contributed by atoms with Gasteiger partial charge in [-0.3, -0.25) is 9.00 Å². The summed E-state index contributed by atoms with van der Waals surface area (Å²) in [5.74, 6) is 0.465. The molecule has 0 heterocycles. The van der Waals surface area contributed by atoms with Crippen molar-refractivity contribution in [2.45, 2.75) is 19.6 Å². The van der Waals surface area contributed by atoms with Crippen molar-refractivity contribution in [3.63, 3.8) is 0 Å². The summed E-state index contributed by atoms with van der Waals surface area (Å²) in [5, 5.41) is 0. The highest BCUT2D eigenvalue weighted by molar-refractivity contribution is 7.85. The van der Waals surface area contributed by atoms with E-state index < -0.39 is 10.8 Å². The summed E-state index contributed by atoms with van der Waals surface area (Å²) in [6.07, 6.45) is 0. The van der Waals surface area contributed by atoms with Gasteiger partial charge in [0, 0.05) is 22.1 Å². The SMILES string of the molecule is Cc1cccc(CS(=O)CC(=O)c2ccccc2C)c1. The van der Waals surface area contributed by atoms with Crippen molar-refractivity contribution in [2.24, 2.45) is 0 Å². The van der Waals surface area contributed by atoms with Gasteiger partial charge in [-0.05, 0) is 25.0 Å². The lowest BCUT2D eigenvalue weighted by molar-refractivity contribution is 0.102. The van der Waals surface area contributed by atoms with E-state index in [4.69, 9.17) is 0 Å². The van der Waals surface area contributed by atoms with Gasteiger partial charge in [-0.1, -0.05) is 54.1 Å². The van der Waals surface area contributed by atoms with Crippen LogP contribution < -0.4 is 0 Å². The van der Waals surface area contributed by atoms with Crippen LogP contribution in [0.1, 0.15) is 27.0 Å². The highest BCUT2D eigenvalue weighted by atomic mass is 32.2. The molecule has 0 aliphatic rings. The molecule has 0 saturated heterocycles. The summed E-state index contributed by atoms with van der Waals surface area (Å²) in [6.45, 7) is 3.90.